The first-order chi connectivity index (χ1) is 5.70. The number of nitrogens with zero attached hydrogens (tertiary/aromatic N) is 1. The molecular formula is C11H23NO. The van der Waals surface area contributed by atoms with E-state index in [4.69, 9.17) is 5.21 Å². The Morgan fingerprint density at radius 2 is 1.62 bits per heavy atom. The van der Waals surface area contributed by atoms with Gasteiger partial charge in [-0.25, -0.2) is 0 Å². The Morgan fingerprint density at radius 3 is 1.92 bits per heavy atom. The molecule has 0 heterocycles. The molecule has 0 aromatic carbocycles. The molecule has 13 heavy (non-hydrogen) atoms. The molecule has 0 saturated carbocycles. The van der Waals surface area contributed by atoms with Gasteiger partial charge < -0.3 is 5.21 Å². The van der Waals surface area contributed by atoms with Crippen molar-refractivity contribution in [2.45, 2.75) is 54.4 Å². The van der Waals surface area contributed by atoms with Crippen molar-refractivity contribution in [3.05, 3.63) is 0 Å². The van der Waals surface area contributed by atoms with Gasteiger partial charge in [-0.15, -0.1) is 0 Å². The van der Waals surface area contributed by atoms with Gasteiger partial charge in [0.25, 0.3) is 0 Å². The fourth-order valence-electron chi connectivity index (χ4n) is 0.918. The maximum absolute atomic E-state index is 8.52. The third kappa shape index (κ3) is 3.79. The van der Waals surface area contributed by atoms with Crippen LogP contribution in [0.2, 0.25) is 0 Å². The van der Waals surface area contributed by atoms with E-state index in [0.717, 1.165) is 18.6 Å². The zero-order valence-electron chi connectivity index (χ0n) is 9.81. The number of hydrogen-bond acceptors (Lipinski definition) is 2. The van der Waals surface area contributed by atoms with Crippen molar-refractivity contribution in [3.63, 3.8) is 0 Å². The van der Waals surface area contributed by atoms with Crippen LogP contribution in [-0.2, 0) is 0 Å². The molecule has 1 N–H and O–H groups in total. The summed E-state index contributed by atoms with van der Waals surface area (Å²) < 4.78 is 0. The highest BCUT2D eigenvalue weighted by Crippen LogP contribution is 2.41. The normalized spacial score (nSPS) is 14.8. The molecule has 0 aromatic rings. The minimum absolute atomic E-state index is 0.277. The summed E-state index contributed by atoms with van der Waals surface area (Å²) >= 11 is 0. The lowest BCUT2D eigenvalue weighted by atomic mass is 9.67. The van der Waals surface area contributed by atoms with Crippen LogP contribution in [0.4, 0.5) is 0 Å². The van der Waals surface area contributed by atoms with E-state index in [9.17, 15) is 0 Å². The van der Waals surface area contributed by atoms with Crippen LogP contribution in [0, 0.1) is 10.8 Å². The first-order valence-corrected chi connectivity index (χ1v) is 4.88. The largest absolute Gasteiger partial charge is 0.411 e. The Labute approximate surface area is 82.0 Å². The van der Waals surface area contributed by atoms with Crippen molar-refractivity contribution < 1.29 is 5.21 Å². The van der Waals surface area contributed by atoms with Crippen molar-refractivity contribution in [3.8, 4) is 0 Å². The van der Waals surface area contributed by atoms with Gasteiger partial charge in [0.1, 0.15) is 0 Å². The van der Waals surface area contributed by atoms with Crippen LogP contribution in [0.1, 0.15) is 54.4 Å². The molecule has 0 aromatic heterocycles. The fraction of sp³-hybridized carbons (Fsp3) is 0.909. The van der Waals surface area contributed by atoms with Gasteiger partial charge in [-0.05, 0) is 30.6 Å². The van der Waals surface area contributed by atoms with Gasteiger partial charge in [0, 0.05) is 0 Å². The van der Waals surface area contributed by atoms with Gasteiger partial charge in [-0.2, -0.15) is 0 Å². The molecule has 0 spiro atoms. The molecule has 0 radical (unpaired) electrons. The van der Waals surface area contributed by atoms with E-state index in [-0.39, 0.29) is 5.41 Å². The van der Waals surface area contributed by atoms with Crippen molar-refractivity contribution in [1.82, 2.24) is 0 Å². The van der Waals surface area contributed by atoms with Crippen molar-refractivity contribution in [2.24, 2.45) is 16.0 Å². The molecule has 0 saturated heterocycles. The Hall–Kier alpha value is -0.530. The van der Waals surface area contributed by atoms with Gasteiger partial charge in [0.2, 0.25) is 0 Å². The van der Waals surface area contributed by atoms with E-state index in [1.54, 1.807) is 0 Å². The Kier molecular flexibility index (Phi) is 3.95. The van der Waals surface area contributed by atoms with E-state index < -0.39 is 0 Å². The van der Waals surface area contributed by atoms with Gasteiger partial charge in [-0.3, -0.25) is 0 Å². The summed E-state index contributed by atoms with van der Waals surface area (Å²) in [6, 6.07) is 0. The van der Waals surface area contributed by atoms with Gasteiger partial charge >= 0.3 is 0 Å². The molecule has 0 rings (SSSR count). The second-order valence-electron chi connectivity index (χ2n) is 5.47. The van der Waals surface area contributed by atoms with Gasteiger partial charge in [-0.1, -0.05) is 39.8 Å². The lowest BCUT2D eigenvalue weighted by Crippen LogP contribution is -2.29. The molecule has 0 aliphatic rings. The molecule has 78 valence electrons. The SMILES string of the molecule is C/C(CCC(C)(C)C(C)(C)C)=N\O. The van der Waals surface area contributed by atoms with Crippen molar-refractivity contribution in [2.75, 3.05) is 0 Å². The van der Waals surface area contributed by atoms with Crippen LogP contribution in [-0.4, -0.2) is 10.9 Å². The molecule has 0 bridgehead atoms. The van der Waals surface area contributed by atoms with E-state index in [1.807, 2.05) is 6.92 Å². The minimum atomic E-state index is 0.277. The zero-order valence-corrected chi connectivity index (χ0v) is 9.81. The number of rotatable bonds is 3. The second-order valence-corrected chi connectivity index (χ2v) is 5.47. The van der Waals surface area contributed by atoms with Crippen LogP contribution < -0.4 is 0 Å². The summed E-state index contributed by atoms with van der Waals surface area (Å²) in [7, 11) is 0. The van der Waals surface area contributed by atoms with Crippen LogP contribution in [0.5, 0.6) is 0 Å². The molecule has 0 aliphatic heterocycles. The van der Waals surface area contributed by atoms with E-state index in [2.05, 4.69) is 39.8 Å². The Bertz CT molecular complexity index is 187. The topological polar surface area (TPSA) is 32.6 Å². The molecule has 0 atom stereocenters. The van der Waals surface area contributed by atoms with Crippen molar-refractivity contribution in [1.29, 1.82) is 0 Å². The van der Waals surface area contributed by atoms with Crippen molar-refractivity contribution >= 4 is 5.71 Å². The lowest BCUT2D eigenvalue weighted by Gasteiger charge is -2.39. The summed E-state index contributed by atoms with van der Waals surface area (Å²) in [5.41, 5.74) is 1.39. The standard InChI is InChI=1S/C11H23NO/c1-9(12-13)7-8-11(5,6)10(2,3)4/h13H,7-8H2,1-6H3/b12-9+. The van der Waals surface area contributed by atoms with Crippen LogP contribution >= 0.6 is 0 Å². The highest BCUT2D eigenvalue weighted by molar-refractivity contribution is 5.81. The third-order valence-corrected chi connectivity index (χ3v) is 3.31. The predicted octanol–water partition coefficient (Wildman–Crippen LogP) is 3.69. The maximum atomic E-state index is 8.52. The summed E-state index contributed by atoms with van der Waals surface area (Å²) in [5, 5.41) is 11.7. The Balaban J connectivity index is 4.20. The van der Waals surface area contributed by atoms with Crippen LogP contribution in [0.3, 0.4) is 0 Å². The monoisotopic (exact) mass is 185 g/mol. The van der Waals surface area contributed by atoms with Crippen LogP contribution in [0.25, 0.3) is 0 Å². The molecule has 0 amide bonds. The van der Waals surface area contributed by atoms with E-state index in [1.165, 1.54) is 0 Å². The molecule has 2 nitrogen and oxygen atoms in total. The summed E-state index contributed by atoms with van der Waals surface area (Å²) in [6.07, 6.45) is 1.94. The zero-order chi connectivity index (χ0) is 10.7. The van der Waals surface area contributed by atoms with Gasteiger partial charge in [0.05, 0.1) is 5.71 Å². The smallest absolute Gasteiger partial charge is 0.0540 e. The second kappa shape index (κ2) is 4.12. The summed E-state index contributed by atoms with van der Waals surface area (Å²) in [6.45, 7) is 13.1. The lowest BCUT2D eigenvalue weighted by molar-refractivity contribution is 0.122. The average molecular weight is 185 g/mol. The summed E-state index contributed by atoms with van der Waals surface area (Å²) in [4.78, 5) is 0. The predicted molar refractivity (Wildman–Crippen MR) is 57.4 cm³/mol. The highest BCUT2D eigenvalue weighted by atomic mass is 16.4. The minimum Gasteiger partial charge on any atom is -0.411 e. The first-order valence-electron chi connectivity index (χ1n) is 4.88. The quantitative estimate of drug-likeness (QED) is 0.406. The first kappa shape index (κ1) is 12.5. The maximum Gasteiger partial charge on any atom is 0.0540 e. The molecular weight excluding hydrogens is 162 g/mol. The fourth-order valence-corrected chi connectivity index (χ4v) is 0.918. The molecule has 2 heteroatoms. The van der Waals surface area contributed by atoms with Crippen LogP contribution in [0.15, 0.2) is 5.16 Å². The van der Waals surface area contributed by atoms with E-state index >= 15 is 0 Å². The van der Waals surface area contributed by atoms with Gasteiger partial charge in [0.15, 0.2) is 0 Å². The average Bonchev–Trinajstić information content (AvgIpc) is 1.98. The molecule has 0 aliphatic carbocycles. The molecule has 0 unspecified atom stereocenters. The molecule has 0 fully saturated rings. The van der Waals surface area contributed by atoms with E-state index in [0.29, 0.717) is 5.41 Å². The number of hydrogen-bond donors (Lipinski definition) is 1. The number of oxime groups is 1. The Morgan fingerprint density at radius 1 is 1.15 bits per heavy atom. The highest BCUT2D eigenvalue weighted by Gasteiger charge is 2.32. The summed E-state index contributed by atoms with van der Waals surface area (Å²) in [5.74, 6) is 0. The third-order valence-electron chi connectivity index (χ3n) is 3.31.